The Kier molecular flexibility index (Phi) is 4.26. The summed E-state index contributed by atoms with van der Waals surface area (Å²) in [5.74, 6) is 0.0559. The molecule has 1 aromatic heterocycles. The fraction of sp³-hybridized carbons (Fsp3) is 0.167. The Hall–Kier alpha value is -1.25. The van der Waals surface area contributed by atoms with E-state index in [0.29, 0.717) is 4.88 Å². The minimum absolute atomic E-state index is 0.0247. The summed E-state index contributed by atoms with van der Waals surface area (Å²) in [5, 5.41) is 9.79. The highest BCUT2D eigenvalue weighted by Gasteiger charge is 2.22. The van der Waals surface area contributed by atoms with Crippen LogP contribution in [0.15, 0.2) is 32.9 Å². The molecule has 0 aliphatic rings. The molecule has 2 aromatic rings. The lowest BCUT2D eigenvalue weighted by Crippen LogP contribution is -2.14. The highest BCUT2D eigenvalue weighted by atomic mass is 79.9. The van der Waals surface area contributed by atoms with Gasteiger partial charge in [-0.3, -0.25) is 4.72 Å². The SMILES string of the molecule is COc1cccc(O)c1NS(=O)(=O)c1cc(Br)sc1C. The Balaban J connectivity index is 2.46. The number of methoxy groups -OCH3 is 1. The molecule has 2 N–H and O–H groups in total. The van der Waals surface area contributed by atoms with Gasteiger partial charge in [-0.1, -0.05) is 6.07 Å². The molecule has 0 bridgehead atoms. The molecule has 8 heteroatoms. The van der Waals surface area contributed by atoms with E-state index in [-0.39, 0.29) is 22.1 Å². The molecule has 2 rings (SSSR count). The minimum Gasteiger partial charge on any atom is -0.506 e. The Bertz CT molecular complexity index is 740. The summed E-state index contributed by atoms with van der Waals surface area (Å²) in [6, 6.07) is 6.04. The van der Waals surface area contributed by atoms with Crippen LogP contribution in [0.3, 0.4) is 0 Å². The van der Waals surface area contributed by atoms with E-state index >= 15 is 0 Å². The van der Waals surface area contributed by atoms with Crippen molar-refractivity contribution in [1.29, 1.82) is 0 Å². The van der Waals surface area contributed by atoms with Gasteiger partial charge in [-0.05, 0) is 41.1 Å². The van der Waals surface area contributed by atoms with Gasteiger partial charge < -0.3 is 9.84 Å². The molecule has 0 atom stereocenters. The Morgan fingerprint density at radius 2 is 2.10 bits per heavy atom. The average Bonchev–Trinajstić information content (AvgIpc) is 2.72. The molecular formula is C12H12BrNO4S2. The fourth-order valence-electron chi connectivity index (χ4n) is 1.68. The summed E-state index contributed by atoms with van der Waals surface area (Å²) in [7, 11) is -2.39. The number of aryl methyl sites for hydroxylation is 1. The van der Waals surface area contributed by atoms with Crippen molar-refractivity contribution in [3.63, 3.8) is 0 Å². The molecule has 20 heavy (non-hydrogen) atoms. The van der Waals surface area contributed by atoms with Crippen LogP contribution in [0.25, 0.3) is 0 Å². The van der Waals surface area contributed by atoms with Crippen LogP contribution in [-0.2, 0) is 10.0 Å². The monoisotopic (exact) mass is 377 g/mol. The Morgan fingerprint density at radius 1 is 1.40 bits per heavy atom. The highest BCUT2D eigenvalue weighted by Crippen LogP contribution is 2.37. The molecule has 0 aliphatic heterocycles. The first-order valence-electron chi connectivity index (χ1n) is 5.50. The first-order valence-corrected chi connectivity index (χ1v) is 8.59. The highest BCUT2D eigenvalue weighted by molar-refractivity contribution is 9.11. The summed E-state index contributed by atoms with van der Waals surface area (Å²) in [4.78, 5) is 0.818. The number of hydrogen-bond acceptors (Lipinski definition) is 5. The first kappa shape index (κ1) is 15.1. The number of phenolic OH excluding ortho intramolecular Hbond substituents is 1. The van der Waals surface area contributed by atoms with Gasteiger partial charge in [0.25, 0.3) is 10.0 Å². The van der Waals surface area contributed by atoms with Gasteiger partial charge in [0.15, 0.2) is 0 Å². The molecule has 0 unspecified atom stereocenters. The molecule has 0 amide bonds. The van der Waals surface area contributed by atoms with Gasteiger partial charge in [0.05, 0.1) is 10.9 Å². The van der Waals surface area contributed by atoms with E-state index in [4.69, 9.17) is 4.74 Å². The van der Waals surface area contributed by atoms with Crippen LogP contribution in [-0.4, -0.2) is 20.6 Å². The average molecular weight is 378 g/mol. The van der Waals surface area contributed by atoms with Crippen LogP contribution in [0.1, 0.15) is 4.88 Å². The van der Waals surface area contributed by atoms with Gasteiger partial charge in [-0.15, -0.1) is 11.3 Å². The molecule has 5 nitrogen and oxygen atoms in total. The van der Waals surface area contributed by atoms with Gasteiger partial charge >= 0.3 is 0 Å². The number of sulfonamides is 1. The van der Waals surface area contributed by atoms with E-state index < -0.39 is 10.0 Å². The van der Waals surface area contributed by atoms with E-state index in [1.165, 1.54) is 30.6 Å². The van der Waals surface area contributed by atoms with E-state index in [1.807, 2.05) is 0 Å². The number of phenols is 1. The molecule has 0 fully saturated rings. The summed E-state index contributed by atoms with van der Waals surface area (Å²) < 4.78 is 32.9. The second kappa shape index (κ2) is 5.63. The molecule has 0 spiro atoms. The molecular weight excluding hydrogens is 366 g/mol. The van der Waals surface area contributed by atoms with Crippen molar-refractivity contribution in [3.8, 4) is 11.5 Å². The standard InChI is InChI=1S/C12H12BrNO4S2/c1-7-10(6-11(13)19-7)20(16,17)14-12-8(15)4-3-5-9(12)18-2/h3-6,14-15H,1-2H3. The normalized spacial score (nSPS) is 11.3. The number of benzene rings is 1. The number of para-hydroxylation sites is 1. The number of anilines is 1. The predicted octanol–water partition coefficient (Wildman–Crippen LogP) is 3.33. The van der Waals surface area contributed by atoms with Crippen molar-refractivity contribution in [2.75, 3.05) is 11.8 Å². The lowest BCUT2D eigenvalue weighted by atomic mass is 10.3. The molecule has 0 saturated carbocycles. The van der Waals surface area contributed by atoms with Crippen molar-refractivity contribution in [1.82, 2.24) is 0 Å². The summed E-state index contributed by atoms with van der Waals surface area (Å²) in [6.07, 6.45) is 0. The third-order valence-electron chi connectivity index (χ3n) is 2.59. The largest absolute Gasteiger partial charge is 0.506 e. The van der Waals surface area contributed by atoms with Crippen molar-refractivity contribution < 1.29 is 18.3 Å². The lowest BCUT2D eigenvalue weighted by Gasteiger charge is -2.12. The topological polar surface area (TPSA) is 75.6 Å². The smallest absolute Gasteiger partial charge is 0.263 e. The third kappa shape index (κ3) is 2.92. The van der Waals surface area contributed by atoms with Crippen LogP contribution in [0, 0.1) is 6.92 Å². The molecule has 108 valence electrons. The third-order valence-corrected chi connectivity index (χ3v) is 5.75. The summed E-state index contributed by atoms with van der Waals surface area (Å²) in [5.41, 5.74) is 0.0247. The zero-order chi connectivity index (χ0) is 14.9. The number of thiophene rings is 1. The number of rotatable bonds is 4. The van der Waals surface area contributed by atoms with Crippen molar-refractivity contribution in [2.45, 2.75) is 11.8 Å². The van der Waals surface area contributed by atoms with Crippen LogP contribution < -0.4 is 9.46 Å². The van der Waals surface area contributed by atoms with E-state index in [9.17, 15) is 13.5 Å². The minimum atomic E-state index is -3.79. The Labute approximate surface area is 129 Å². The van der Waals surface area contributed by atoms with Crippen molar-refractivity contribution in [3.05, 3.63) is 32.9 Å². The number of hydrogen-bond donors (Lipinski definition) is 2. The first-order chi connectivity index (χ1) is 9.35. The quantitative estimate of drug-likeness (QED) is 0.801. The van der Waals surface area contributed by atoms with Crippen LogP contribution >= 0.6 is 27.3 Å². The Morgan fingerprint density at radius 3 is 2.65 bits per heavy atom. The van der Waals surface area contributed by atoms with E-state index in [2.05, 4.69) is 20.7 Å². The van der Waals surface area contributed by atoms with Crippen LogP contribution in [0.2, 0.25) is 0 Å². The number of aromatic hydroxyl groups is 1. The van der Waals surface area contributed by atoms with Gasteiger partial charge in [-0.25, -0.2) is 8.42 Å². The second-order valence-electron chi connectivity index (χ2n) is 3.93. The summed E-state index contributed by atoms with van der Waals surface area (Å²) in [6.45, 7) is 1.71. The number of nitrogens with one attached hydrogen (secondary N) is 1. The van der Waals surface area contributed by atoms with Crippen molar-refractivity contribution in [2.24, 2.45) is 0 Å². The summed E-state index contributed by atoms with van der Waals surface area (Å²) >= 11 is 4.58. The number of halogens is 1. The fourth-order valence-corrected chi connectivity index (χ4v) is 5.18. The van der Waals surface area contributed by atoms with E-state index in [1.54, 1.807) is 19.1 Å². The van der Waals surface area contributed by atoms with Gasteiger partial charge in [0.1, 0.15) is 22.1 Å². The van der Waals surface area contributed by atoms with Crippen LogP contribution in [0.5, 0.6) is 11.5 Å². The maximum Gasteiger partial charge on any atom is 0.263 e. The molecule has 1 heterocycles. The van der Waals surface area contributed by atoms with Gasteiger partial charge in [-0.2, -0.15) is 0 Å². The zero-order valence-corrected chi connectivity index (χ0v) is 13.9. The van der Waals surface area contributed by atoms with E-state index in [0.717, 1.165) is 3.79 Å². The van der Waals surface area contributed by atoms with Crippen molar-refractivity contribution >= 4 is 43.0 Å². The van der Waals surface area contributed by atoms with Gasteiger partial charge in [0, 0.05) is 4.88 Å². The van der Waals surface area contributed by atoms with Crippen LogP contribution in [0.4, 0.5) is 5.69 Å². The number of ether oxygens (including phenoxy) is 1. The predicted molar refractivity (Wildman–Crippen MR) is 82.2 cm³/mol. The molecule has 0 radical (unpaired) electrons. The lowest BCUT2D eigenvalue weighted by molar-refractivity contribution is 0.411. The second-order valence-corrected chi connectivity index (χ2v) is 8.22. The maximum absolute atomic E-state index is 12.4. The molecule has 1 aromatic carbocycles. The zero-order valence-electron chi connectivity index (χ0n) is 10.7. The van der Waals surface area contributed by atoms with Gasteiger partial charge in [0.2, 0.25) is 0 Å². The molecule has 0 aliphatic carbocycles. The maximum atomic E-state index is 12.4. The molecule has 0 saturated heterocycles.